The van der Waals surface area contributed by atoms with Crippen molar-refractivity contribution in [1.29, 1.82) is 0 Å². The van der Waals surface area contributed by atoms with Gasteiger partial charge in [0.1, 0.15) is 12.4 Å². The predicted molar refractivity (Wildman–Crippen MR) is 103 cm³/mol. The summed E-state index contributed by atoms with van der Waals surface area (Å²) < 4.78 is 18.0. The van der Waals surface area contributed by atoms with Gasteiger partial charge in [0, 0.05) is 12.6 Å². The van der Waals surface area contributed by atoms with Gasteiger partial charge in [-0.15, -0.1) is 0 Å². The van der Waals surface area contributed by atoms with Crippen LogP contribution in [0.1, 0.15) is 25.0 Å². The van der Waals surface area contributed by atoms with Crippen LogP contribution in [-0.2, 0) is 22.3 Å². The van der Waals surface area contributed by atoms with Gasteiger partial charge in [-0.05, 0) is 17.0 Å². The second kappa shape index (κ2) is 9.56. The maximum atomic E-state index is 12.8. The van der Waals surface area contributed by atoms with E-state index in [9.17, 15) is 14.3 Å². The number of hydrogen-bond acceptors (Lipinski definition) is 3. The van der Waals surface area contributed by atoms with Gasteiger partial charge >= 0.3 is 6.09 Å². The number of alkyl carbamates (subject to hydrolysis) is 1. The fourth-order valence-corrected chi connectivity index (χ4v) is 4.79. The number of amides is 1. The van der Waals surface area contributed by atoms with E-state index in [-0.39, 0.29) is 25.1 Å². The molecule has 0 aliphatic rings. The highest BCUT2D eigenvalue weighted by molar-refractivity contribution is 7.58. The fourth-order valence-electron chi connectivity index (χ4n) is 2.68. The minimum atomic E-state index is -3.59. The Morgan fingerprint density at radius 1 is 1.04 bits per heavy atom. The second-order valence-corrected chi connectivity index (χ2v) is 9.24. The molecule has 140 valence electrons. The van der Waals surface area contributed by atoms with Crippen LogP contribution in [0.15, 0.2) is 60.7 Å². The first-order chi connectivity index (χ1) is 12.4. The summed E-state index contributed by atoms with van der Waals surface area (Å²) in [4.78, 5) is 22.7. The molecule has 0 saturated carbocycles. The van der Waals surface area contributed by atoms with Crippen molar-refractivity contribution >= 4 is 13.5 Å². The number of carbonyl (C=O) groups is 1. The summed E-state index contributed by atoms with van der Waals surface area (Å²) in [7, 11) is -3.59. The smallest absolute Gasteiger partial charge is 0.408 e. The summed E-state index contributed by atoms with van der Waals surface area (Å²) >= 11 is 0. The van der Waals surface area contributed by atoms with E-state index in [1.165, 1.54) is 0 Å². The van der Waals surface area contributed by atoms with Crippen LogP contribution in [0, 0.1) is 5.92 Å². The normalized spacial score (nSPS) is 14.5. The molecule has 0 aromatic heterocycles. The number of ether oxygens (including phenoxy) is 1. The monoisotopic (exact) mass is 375 g/mol. The molecule has 2 aromatic rings. The topological polar surface area (TPSA) is 75.6 Å². The second-order valence-electron chi connectivity index (χ2n) is 6.74. The molecule has 1 amide bonds. The van der Waals surface area contributed by atoms with E-state index in [1.54, 1.807) is 0 Å². The Labute approximate surface area is 154 Å². The molecular weight excluding hydrogens is 349 g/mol. The van der Waals surface area contributed by atoms with Crippen LogP contribution in [0.5, 0.6) is 0 Å². The summed E-state index contributed by atoms with van der Waals surface area (Å²) in [5.41, 5.74) is 1.75. The maximum absolute atomic E-state index is 12.8. The minimum absolute atomic E-state index is 0.0474. The SMILES string of the molecule is CC(C)CP(=O)(O)C(Cc1ccccc1)NC(=O)OCc1ccccc1. The Balaban J connectivity index is 2.05. The van der Waals surface area contributed by atoms with Gasteiger partial charge in [0.15, 0.2) is 0 Å². The van der Waals surface area contributed by atoms with Crippen molar-refractivity contribution in [2.75, 3.05) is 6.16 Å². The van der Waals surface area contributed by atoms with Crippen molar-refractivity contribution in [3.8, 4) is 0 Å². The van der Waals surface area contributed by atoms with Crippen molar-refractivity contribution in [2.24, 2.45) is 5.92 Å². The van der Waals surface area contributed by atoms with Crippen LogP contribution < -0.4 is 5.32 Å². The molecule has 5 nitrogen and oxygen atoms in total. The Kier molecular flexibility index (Phi) is 7.43. The quantitative estimate of drug-likeness (QED) is 0.670. The van der Waals surface area contributed by atoms with Crippen molar-refractivity contribution < 1.29 is 19.0 Å². The summed E-state index contributed by atoms with van der Waals surface area (Å²) in [6, 6.07) is 18.7. The molecule has 0 aliphatic heterocycles. The van der Waals surface area contributed by atoms with Crippen LogP contribution in [0.25, 0.3) is 0 Å². The molecule has 2 N–H and O–H groups in total. The van der Waals surface area contributed by atoms with Crippen LogP contribution in [0.2, 0.25) is 0 Å². The van der Waals surface area contributed by atoms with Gasteiger partial charge in [0.05, 0.1) is 0 Å². The van der Waals surface area contributed by atoms with Crippen LogP contribution >= 0.6 is 7.37 Å². The molecule has 26 heavy (non-hydrogen) atoms. The van der Waals surface area contributed by atoms with E-state index in [0.29, 0.717) is 0 Å². The van der Waals surface area contributed by atoms with E-state index >= 15 is 0 Å². The van der Waals surface area contributed by atoms with E-state index in [1.807, 2.05) is 74.5 Å². The third-order valence-electron chi connectivity index (χ3n) is 3.88. The lowest BCUT2D eigenvalue weighted by Crippen LogP contribution is -2.37. The van der Waals surface area contributed by atoms with Crippen LogP contribution in [0.4, 0.5) is 4.79 Å². The highest BCUT2D eigenvalue weighted by atomic mass is 31.2. The first-order valence-electron chi connectivity index (χ1n) is 8.69. The predicted octanol–water partition coefficient (Wildman–Crippen LogP) is 4.41. The zero-order chi connectivity index (χ0) is 19.0. The van der Waals surface area contributed by atoms with E-state index in [4.69, 9.17) is 4.74 Å². The largest absolute Gasteiger partial charge is 0.445 e. The lowest BCUT2D eigenvalue weighted by atomic mass is 10.1. The number of benzene rings is 2. The molecule has 2 atom stereocenters. The highest BCUT2D eigenvalue weighted by Gasteiger charge is 2.33. The molecule has 0 heterocycles. The molecular formula is C20H26NO4P. The average Bonchev–Trinajstić information content (AvgIpc) is 2.60. The zero-order valence-corrected chi connectivity index (χ0v) is 16.1. The number of nitrogens with one attached hydrogen (secondary N) is 1. The highest BCUT2D eigenvalue weighted by Crippen LogP contribution is 2.47. The van der Waals surface area contributed by atoms with E-state index < -0.39 is 19.2 Å². The Morgan fingerprint density at radius 2 is 1.58 bits per heavy atom. The fraction of sp³-hybridized carbons (Fsp3) is 0.350. The molecule has 6 heteroatoms. The molecule has 0 aliphatic carbocycles. The number of hydrogen-bond donors (Lipinski definition) is 2. The lowest BCUT2D eigenvalue weighted by molar-refractivity contribution is 0.138. The summed E-state index contributed by atoms with van der Waals surface area (Å²) in [6.45, 7) is 3.89. The Bertz CT molecular complexity index is 734. The average molecular weight is 375 g/mol. The summed E-state index contributed by atoms with van der Waals surface area (Å²) in [6.07, 6.45) is -0.265. The third-order valence-corrected chi connectivity index (χ3v) is 6.42. The van der Waals surface area contributed by atoms with Gasteiger partial charge in [-0.25, -0.2) is 4.79 Å². The van der Waals surface area contributed by atoms with Crippen molar-refractivity contribution in [2.45, 2.75) is 32.7 Å². The van der Waals surface area contributed by atoms with Crippen molar-refractivity contribution in [3.63, 3.8) is 0 Å². The number of rotatable bonds is 8. The first kappa shape index (κ1) is 20.2. The van der Waals surface area contributed by atoms with Crippen LogP contribution in [0.3, 0.4) is 0 Å². The van der Waals surface area contributed by atoms with Gasteiger partial charge in [0.25, 0.3) is 0 Å². The Morgan fingerprint density at radius 3 is 2.12 bits per heavy atom. The molecule has 0 saturated heterocycles. The lowest BCUT2D eigenvalue weighted by Gasteiger charge is -2.25. The van der Waals surface area contributed by atoms with Crippen molar-refractivity contribution in [3.05, 3.63) is 71.8 Å². The molecule has 0 radical (unpaired) electrons. The van der Waals surface area contributed by atoms with Gasteiger partial charge < -0.3 is 14.9 Å². The zero-order valence-electron chi connectivity index (χ0n) is 15.2. The number of carbonyl (C=O) groups excluding carboxylic acids is 1. The minimum Gasteiger partial charge on any atom is -0.445 e. The first-order valence-corrected chi connectivity index (χ1v) is 10.6. The standard InChI is InChI=1S/C20H26NO4P/c1-16(2)15-26(23,24)19(13-17-9-5-3-6-10-17)21-20(22)25-14-18-11-7-4-8-12-18/h3-12,16,19H,13-15H2,1-2H3,(H,21,22)(H,23,24). The molecule has 0 bridgehead atoms. The third kappa shape index (κ3) is 6.66. The summed E-state index contributed by atoms with van der Waals surface area (Å²) in [5.74, 6) is -0.832. The molecule has 0 fully saturated rings. The van der Waals surface area contributed by atoms with E-state index in [2.05, 4.69) is 5.32 Å². The molecule has 0 spiro atoms. The van der Waals surface area contributed by atoms with Crippen molar-refractivity contribution in [1.82, 2.24) is 5.32 Å². The van der Waals surface area contributed by atoms with Gasteiger partial charge in [-0.3, -0.25) is 4.57 Å². The molecule has 2 rings (SSSR count). The van der Waals surface area contributed by atoms with Gasteiger partial charge in [0.2, 0.25) is 7.37 Å². The van der Waals surface area contributed by atoms with Gasteiger partial charge in [-0.2, -0.15) is 0 Å². The maximum Gasteiger partial charge on any atom is 0.408 e. The molecule has 2 aromatic carbocycles. The molecule has 2 unspecified atom stereocenters. The van der Waals surface area contributed by atoms with E-state index in [0.717, 1.165) is 11.1 Å². The summed E-state index contributed by atoms with van der Waals surface area (Å²) in [5, 5.41) is 2.61. The van der Waals surface area contributed by atoms with Gasteiger partial charge in [-0.1, -0.05) is 74.5 Å². The Hall–Kier alpha value is -2.10. The van der Waals surface area contributed by atoms with Crippen LogP contribution in [-0.4, -0.2) is 22.9 Å².